The number of hydrogen-bond acceptors (Lipinski definition) is 0. The molecule has 4 rings (SSSR count). The van der Waals surface area contributed by atoms with Crippen molar-refractivity contribution >= 4 is 17.7 Å². The first-order valence-electron chi connectivity index (χ1n) is 7.15. The van der Waals surface area contributed by atoms with Gasteiger partial charge in [0.05, 0.1) is 0 Å². The quantitative estimate of drug-likeness (QED) is 0.699. The smallest absolute Gasteiger partial charge is 0.00547 e. The molecule has 0 heteroatoms. The lowest BCUT2D eigenvalue weighted by atomic mass is 10.0. The van der Waals surface area contributed by atoms with Gasteiger partial charge in [0, 0.05) is 0 Å². The first-order valence-corrected chi connectivity index (χ1v) is 7.15. The molecule has 0 aromatic heterocycles. The second kappa shape index (κ2) is 4.64. The zero-order valence-corrected chi connectivity index (χ0v) is 11.3. The summed E-state index contributed by atoms with van der Waals surface area (Å²) in [5.41, 5.74) is 8.42. The highest BCUT2D eigenvalue weighted by molar-refractivity contribution is 5.89. The second-order valence-electron chi connectivity index (χ2n) is 5.46. The maximum Gasteiger partial charge on any atom is -0.00547 e. The largest absolute Gasteiger partial charge is 0.0726 e. The van der Waals surface area contributed by atoms with Crippen LogP contribution in [0.3, 0.4) is 0 Å². The van der Waals surface area contributed by atoms with Gasteiger partial charge in [0.15, 0.2) is 0 Å². The molecule has 0 atom stereocenters. The van der Waals surface area contributed by atoms with Crippen LogP contribution < -0.4 is 0 Å². The molecule has 0 nitrogen and oxygen atoms in total. The molecule has 0 fully saturated rings. The molecule has 0 N–H and O–H groups in total. The van der Waals surface area contributed by atoms with E-state index in [1.54, 1.807) is 0 Å². The molecular weight excluding hydrogens is 240 g/mol. The fraction of sp³-hybridized carbons (Fsp3) is 0.100. The third-order valence-corrected chi connectivity index (χ3v) is 4.13. The van der Waals surface area contributed by atoms with Crippen molar-refractivity contribution in [2.45, 2.75) is 12.8 Å². The van der Waals surface area contributed by atoms with E-state index in [-0.39, 0.29) is 0 Å². The Labute approximate surface area is 119 Å². The van der Waals surface area contributed by atoms with E-state index < -0.39 is 0 Å². The van der Waals surface area contributed by atoms with Crippen molar-refractivity contribution in [3.63, 3.8) is 0 Å². The van der Waals surface area contributed by atoms with E-state index in [2.05, 4.69) is 72.8 Å². The minimum atomic E-state index is 1.04. The summed E-state index contributed by atoms with van der Waals surface area (Å²) in [5.74, 6) is 0. The summed E-state index contributed by atoms with van der Waals surface area (Å²) in [7, 11) is 0. The number of allylic oxidation sites excluding steroid dienone is 4. The van der Waals surface area contributed by atoms with Gasteiger partial charge in [-0.15, -0.1) is 0 Å². The van der Waals surface area contributed by atoms with Gasteiger partial charge in [-0.1, -0.05) is 78.4 Å². The van der Waals surface area contributed by atoms with Crippen LogP contribution in [0.25, 0.3) is 17.7 Å². The summed E-state index contributed by atoms with van der Waals surface area (Å²) in [4.78, 5) is 0. The summed E-state index contributed by atoms with van der Waals surface area (Å²) in [6, 6.07) is 17.3. The van der Waals surface area contributed by atoms with Crippen LogP contribution in [0.2, 0.25) is 0 Å². The monoisotopic (exact) mass is 256 g/mol. The SMILES string of the molecule is C1=Cc2ccccc2C1=CCC1=Cc2ccccc2C1. The highest BCUT2D eigenvalue weighted by atomic mass is 14.2. The van der Waals surface area contributed by atoms with E-state index in [1.807, 2.05) is 0 Å². The molecule has 2 aromatic rings. The van der Waals surface area contributed by atoms with E-state index in [0.717, 1.165) is 12.8 Å². The van der Waals surface area contributed by atoms with Gasteiger partial charge in [-0.3, -0.25) is 0 Å². The highest BCUT2D eigenvalue weighted by Gasteiger charge is 2.12. The van der Waals surface area contributed by atoms with Gasteiger partial charge in [-0.25, -0.2) is 0 Å². The van der Waals surface area contributed by atoms with Gasteiger partial charge in [0.2, 0.25) is 0 Å². The van der Waals surface area contributed by atoms with Crippen molar-refractivity contribution < 1.29 is 0 Å². The van der Waals surface area contributed by atoms with E-state index in [0.29, 0.717) is 0 Å². The van der Waals surface area contributed by atoms with Crippen molar-refractivity contribution in [3.05, 3.63) is 88.5 Å². The van der Waals surface area contributed by atoms with Crippen LogP contribution in [0.15, 0.2) is 66.3 Å². The average Bonchev–Trinajstić information content (AvgIpc) is 3.08. The Morgan fingerprint density at radius 1 is 0.850 bits per heavy atom. The first kappa shape index (κ1) is 11.5. The molecule has 20 heavy (non-hydrogen) atoms. The molecule has 0 saturated heterocycles. The van der Waals surface area contributed by atoms with Crippen LogP contribution in [0, 0.1) is 0 Å². The molecule has 0 heterocycles. The lowest BCUT2D eigenvalue weighted by molar-refractivity contribution is 1.11. The average molecular weight is 256 g/mol. The summed E-state index contributed by atoms with van der Waals surface area (Å²) in [5, 5.41) is 0. The molecule has 0 aliphatic heterocycles. The predicted molar refractivity (Wildman–Crippen MR) is 86.2 cm³/mol. The second-order valence-corrected chi connectivity index (χ2v) is 5.46. The third kappa shape index (κ3) is 1.94. The summed E-state index contributed by atoms with van der Waals surface area (Å²) >= 11 is 0. The van der Waals surface area contributed by atoms with Crippen LogP contribution in [0.5, 0.6) is 0 Å². The van der Waals surface area contributed by atoms with Crippen LogP contribution in [0.1, 0.15) is 28.7 Å². The Morgan fingerprint density at radius 3 is 2.55 bits per heavy atom. The molecule has 2 aliphatic carbocycles. The molecule has 96 valence electrons. The number of fused-ring (bicyclic) bond motifs is 2. The van der Waals surface area contributed by atoms with Gasteiger partial charge >= 0.3 is 0 Å². The Balaban J connectivity index is 1.56. The van der Waals surface area contributed by atoms with Crippen molar-refractivity contribution in [2.75, 3.05) is 0 Å². The van der Waals surface area contributed by atoms with Crippen LogP contribution >= 0.6 is 0 Å². The minimum absolute atomic E-state index is 1.04. The van der Waals surface area contributed by atoms with Crippen LogP contribution in [0.4, 0.5) is 0 Å². The minimum Gasteiger partial charge on any atom is -0.0726 e. The van der Waals surface area contributed by atoms with Crippen molar-refractivity contribution in [3.8, 4) is 0 Å². The van der Waals surface area contributed by atoms with Crippen LogP contribution in [-0.4, -0.2) is 0 Å². The summed E-state index contributed by atoms with van der Waals surface area (Å²) < 4.78 is 0. The molecule has 0 amide bonds. The van der Waals surface area contributed by atoms with Gasteiger partial charge in [-0.2, -0.15) is 0 Å². The molecule has 0 spiro atoms. The molecule has 0 bridgehead atoms. The third-order valence-electron chi connectivity index (χ3n) is 4.13. The van der Waals surface area contributed by atoms with E-state index in [4.69, 9.17) is 0 Å². The Morgan fingerprint density at radius 2 is 1.65 bits per heavy atom. The fourth-order valence-corrected chi connectivity index (χ4v) is 3.08. The fourth-order valence-electron chi connectivity index (χ4n) is 3.08. The molecule has 2 aromatic carbocycles. The van der Waals surface area contributed by atoms with Crippen LogP contribution in [-0.2, 0) is 6.42 Å². The lowest BCUT2D eigenvalue weighted by Gasteiger charge is -2.02. The van der Waals surface area contributed by atoms with Gasteiger partial charge in [-0.05, 0) is 40.7 Å². The maximum absolute atomic E-state index is 2.36. The number of hydrogen-bond donors (Lipinski definition) is 0. The van der Waals surface area contributed by atoms with E-state index >= 15 is 0 Å². The first-order chi connectivity index (χ1) is 9.90. The topological polar surface area (TPSA) is 0 Å². The van der Waals surface area contributed by atoms with Crippen molar-refractivity contribution in [1.29, 1.82) is 0 Å². The normalized spacial score (nSPS) is 17.2. The van der Waals surface area contributed by atoms with Gasteiger partial charge in [0.1, 0.15) is 0 Å². The maximum atomic E-state index is 2.36. The van der Waals surface area contributed by atoms with E-state index in [1.165, 1.54) is 33.4 Å². The lowest BCUT2D eigenvalue weighted by Crippen LogP contribution is -1.84. The standard InChI is InChI=1S/C20H16/c1-2-7-19-14-15(13-18(19)6-1)9-10-17-12-11-16-5-3-4-8-20(16)17/h1-8,10-13H,9,14H2. The molecular formula is C20H16. The van der Waals surface area contributed by atoms with Gasteiger partial charge in [0.25, 0.3) is 0 Å². The zero-order valence-electron chi connectivity index (χ0n) is 11.3. The van der Waals surface area contributed by atoms with Gasteiger partial charge < -0.3 is 0 Å². The highest BCUT2D eigenvalue weighted by Crippen LogP contribution is 2.31. The Kier molecular flexibility index (Phi) is 2.67. The van der Waals surface area contributed by atoms with E-state index in [9.17, 15) is 0 Å². The molecule has 0 unspecified atom stereocenters. The zero-order chi connectivity index (χ0) is 13.4. The molecule has 0 radical (unpaired) electrons. The molecule has 0 saturated carbocycles. The van der Waals surface area contributed by atoms with Crippen molar-refractivity contribution in [2.24, 2.45) is 0 Å². The van der Waals surface area contributed by atoms with Crippen molar-refractivity contribution in [1.82, 2.24) is 0 Å². The summed E-state index contributed by atoms with van der Waals surface area (Å²) in [6.45, 7) is 0. The predicted octanol–water partition coefficient (Wildman–Crippen LogP) is 5.13. The number of rotatable bonds is 2. The summed E-state index contributed by atoms with van der Waals surface area (Å²) in [6.07, 6.45) is 11.3. The Hall–Kier alpha value is -2.34. The Bertz CT molecular complexity index is 757. The number of benzene rings is 2. The molecule has 2 aliphatic rings.